The summed E-state index contributed by atoms with van der Waals surface area (Å²) in [6.07, 6.45) is 3.67. The molecule has 9 heteroatoms. The predicted octanol–water partition coefficient (Wildman–Crippen LogP) is 3.17. The molecule has 33 heavy (non-hydrogen) atoms. The van der Waals surface area contributed by atoms with E-state index in [0.717, 1.165) is 22.0 Å². The predicted molar refractivity (Wildman–Crippen MR) is 120 cm³/mol. The molecule has 5 rings (SSSR count). The molecule has 0 saturated heterocycles. The normalized spacial score (nSPS) is 13.2. The summed E-state index contributed by atoms with van der Waals surface area (Å²) >= 11 is 0. The van der Waals surface area contributed by atoms with Crippen LogP contribution in [-0.4, -0.2) is 42.3 Å². The van der Waals surface area contributed by atoms with E-state index < -0.39 is 18.1 Å². The number of hydrogen-bond donors (Lipinski definition) is 3. The summed E-state index contributed by atoms with van der Waals surface area (Å²) in [5.74, 6) is 0.0298. The van der Waals surface area contributed by atoms with Gasteiger partial charge in [0.25, 0.3) is 0 Å². The van der Waals surface area contributed by atoms with Gasteiger partial charge in [-0.2, -0.15) is 0 Å². The molecule has 3 N–H and O–H groups in total. The Labute approximate surface area is 189 Å². The van der Waals surface area contributed by atoms with Gasteiger partial charge in [0.15, 0.2) is 5.82 Å². The fraction of sp³-hybridized carbons (Fsp3) is 0.167. The highest BCUT2D eigenvalue weighted by atomic mass is 16.4. The lowest BCUT2D eigenvalue weighted by molar-refractivity contribution is -0.139. The van der Waals surface area contributed by atoms with Gasteiger partial charge in [0.2, 0.25) is 0 Å². The first-order chi connectivity index (χ1) is 16.2. The molecule has 5 aromatic rings. The summed E-state index contributed by atoms with van der Waals surface area (Å²) in [7, 11) is 0. The number of aromatic amines is 1. The average Bonchev–Trinajstić information content (AvgIpc) is 3.59. The number of carboxylic acid groups (broad SMARTS) is 1. The molecule has 0 aliphatic heterocycles. The van der Waals surface area contributed by atoms with Crippen LogP contribution in [0.15, 0.2) is 83.6 Å². The van der Waals surface area contributed by atoms with Crippen LogP contribution in [0.1, 0.15) is 28.8 Å². The van der Waals surface area contributed by atoms with Crippen LogP contribution in [0.4, 0.5) is 0 Å². The molecule has 0 fully saturated rings. The van der Waals surface area contributed by atoms with Crippen LogP contribution >= 0.6 is 0 Å². The summed E-state index contributed by atoms with van der Waals surface area (Å²) in [6.45, 7) is 0.447. The molecule has 0 aliphatic rings. The van der Waals surface area contributed by atoms with E-state index >= 15 is 0 Å². The first kappa shape index (κ1) is 20.7. The summed E-state index contributed by atoms with van der Waals surface area (Å²) in [6, 6.07) is 19.6. The van der Waals surface area contributed by atoms with Gasteiger partial charge < -0.3 is 14.5 Å². The average molecular weight is 442 g/mol. The van der Waals surface area contributed by atoms with Crippen molar-refractivity contribution in [3.05, 3.63) is 102 Å². The Morgan fingerprint density at radius 2 is 1.91 bits per heavy atom. The van der Waals surface area contributed by atoms with Gasteiger partial charge in [-0.1, -0.05) is 48.5 Å². The Hall–Kier alpha value is -4.24. The van der Waals surface area contributed by atoms with Gasteiger partial charge >= 0.3 is 5.97 Å². The summed E-state index contributed by atoms with van der Waals surface area (Å²) in [5, 5.41) is 26.4. The highest BCUT2D eigenvalue weighted by Gasteiger charge is 2.30. The number of furan rings is 1. The number of nitrogens with one attached hydrogen (secondary N) is 2. The number of para-hydroxylation sites is 1. The summed E-state index contributed by atoms with van der Waals surface area (Å²) < 4.78 is 7.29. The zero-order valence-electron chi connectivity index (χ0n) is 17.6. The van der Waals surface area contributed by atoms with E-state index in [1.54, 1.807) is 23.1 Å². The third-order valence-corrected chi connectivity index (χ3v) is 5.59. The number of rotatable bonds is 9. The molecule has 0 spiro atoms. The van der Waals surface area contributed by atoms with Crippen LogP contribution in [0.5, 0.6) is 0 Å². The molecular weight excluding hydrogens is 420 g/mol. The van der Waals surface area contributed by atoms with Crippen molar-refractivity contribution in [3.8, 4) is 0 Å². The van der Waals surface area contributed by atoms with Gasteiger partial charge in [-0.3, -0.25) is 10.1 Å². The fourth-order valence-corrected chi connectivity index (χ4v) is 3.97. The van der Waals surface area contributed by atoms with Crippen molar-refractivity contribution in [1.29, 1.82) is 0 Å². The summed E-state index contributed by atoms with van der Waals surface area (Å²) in [5.41, 5.74) is 2.90. The Morgan fingerprint density at radius 3 is 2.70 bits per heavy atom. The Morgan fingerprint density at radius 1 is 1.09 bits per heavy atom. The Bertz CT molecular complexity index is 1340. The second kappa shape index (κ2) is 9.09. The van der Waals surface area contributed by atoms with Crippen molar-refractivity contribution in [2.75, 3.05) is 0 Å². The molecule has 0 radical (unpaired) electrons. The smallest absolute Gasteiger partial charge is 0.321 e. The number of nitrogens with zero attached hydrogens (tertiary/aromatic N) is 4. The number of carbonyl (C=O) groups is 1. The van der Waals surface area contributed by atoms with Crippen LogP contribution in [0.2, 0.25) is 0 Å². The van der Waals surface area contributed by atoms with Gasteiger partial charge in [-0.15, -0.1) is 5.10 Å². The van der Waals surface area contributed by atoms with E-state index in [-0.39, 0.29) is 6.42 Å². The van der Waals surface area contributed by atoms with E-state index in [4.69, 9.17) is 4.42 Å². The molecule has 3 heterocycles. The largest absolute Gasteiger partial charge is 0.480 e. The van der Waals surface area contributed by atoms with Crippen LogP contribution in [-0.2, 0) is 17.8 Å². The molecule has 3 aromatic heterocycles. The van der Waals surface area contributed by atoms with Gasteiger partial charge in [-0.05, 0) is 39.8 Å². The number of benzene rings is 2. The van der Waals surface area contributed by atoms with Crippen molar-refractivity contribution >= 4 is 16.9 Å². The van der Waals surface area contributed by atoms with Gasteiger partial charge in [0.05, 0.1) is 12.8 Å². The van der Waals surface area contributed by atoms with Crippen molar-refractivity contribution in [1.82, 2.24) is 30.5 Å². The highest BCUT2D eigenvalue weighted by Crippen LogP contribution is 2.24. The maximum atomic E-state index is 12.3. The topological polar surface area (TPSA) is 122 Å². The van der Waals surface area contributed by atoms with Crippen LogP contribution < -0.4 is 5.32 Å². The monoisotopic (exact) mass is 442 g/mol. The lowest BCUT2D eigenvalue weighted by Crippen LogP contribution is -2.42. The number of aliphatic carboxylic acids is 1. The Balaban J connectivity index is 1.46. The van der Waals surface area contributed by atoms with Crippen LogP contribution in [0.3, 0.4) is 0 Å². The molecule has 2 atom stereocenters. The first-order valence-electron chi connectivity index (χ1n) is 10.6. The standard InChI is InChI=1S/C24H22N6O3/c31-24(32)20(13-17-14-25-19-10-5-4-9-18(17)19)26-22(21-11-6-12-33-21)23-27-28-29-30(23)15-16-7-2-1-3-8-16/h1-12,14,20,22,25-26H,13,15H2,(H,31,32)/t20-,22?/m0/s1. The molecule has 166 valence electrons. The zero-order valence-corrected chi connectivity index (χ0v) is 17.6. The minimum Gasteiger partial charge on any atom is -0.480 e. The maximum absolute atomic E-state index is 12.3. The lowest BCUT2D eigenvalue weighted by atomic mass is 10.0. The SMILES string of the molecule is O=C(O)[C@H](Cc1c[nH]c2ccccc12)NC(c1ccco1)c1nnnn1Cc1ccccc1. The number of carboxylic acids is 1. The van der Waals surface area contributed by atoms with E-state index in [1.807, 2.05) is 60.8 Å². The summed E-state index contributed by atoms with van der Waals surface area (Å²) in [4.78, 5) is 15.5. The zero-order chi connectivity index (χ0) is 22.6. The van der Waals surface area contributed by atoms with Gasteiger partial charge in [0.1, 0.15) is 17.8 Å². The van der Waals surface area contributed by atoms with Crippen LogP contribution in [0, 0.1) is 0 Å². The number of hydrogen-bond acceptors (Lipinski definition) is 6. The number of fused-ring (bicyclic) bond motifs is 1. The Kier molecular flexibility index (Phi) is 5.69. The number of tetrazole rings is 1. The van der Waals surface area contributed by atoms with Crippen molar-refractivity contribution in [2.24, 2.45) is 0 Å². The molecule has 0 amide bonds. The van der Waals surface area contributed by atoms with E-state index in [0.29, 0.717) is 18.1 Å². The molecule has 9 nitrogen and oxygen atoms in total. The second-order valence-electron chi connectivity index (χ2n) is 7.75. The third-order valence-electron chi connectivity index (χ3n) is 5.59. The molecule has 0 aliphatic carbocycles. The van der Waals surface area contributed by atoms with Gasteiger partial charge in [0, 0.05) is 23.5 Å². The molecule has 0 saturated carbocycles. The molecule has 0 bridgehead atoms. The fourth-order valence-electron chi connectivity index (χ4n) is 3.97. The minimum atomic E-state index is -0.973. The first-order valence-corrected chi connectivity index (χ1v) is 10.6. The van der Waals surface area contributed by atoms with Gasteiger partial charge in [-0.25, -0.2) is 4.68 Å². The number of aromatic nitrogens is 5. The van der Waals surface area contributed by atoms with Crippen LogP contribution in [0.25, 0.3) is 10.9 Å². The van der Waals surface area contributed by atoms with Crippen molar-refractivity contribution < 1.29 is 14.3 Å². The molecular formula is C24H22N6O3. The number of H-pyrrole nitrogens is 1. The second-order valence-corrected chi connectivity index (χ2v) is 7.75. The highest BCUT2D eigenvalue weighted by molar-refractivity contribution is 5.84. The van der Waals surface area contributed by atoms with E-state index in [2.05, 4.69) is 25.8 Å². The molecule has 1 unspecified atom stereocenters. The van der Waals surface area contributed by atoms with E-state index in [1.165, 1.54) is 0 Å². The molecule has 2 aromatic carbocycles. The maximum Gasteiger partial charge on any atom is 0.321 e. The lowest BCUT2D eigenvalue weighted by Gasteiger charge is -2.21. The third kappa shape index (κ3) is 4.39. The van der Waals surface area contributed by atoms with Crippen molar-refractivity contribution in [2.45, 2.75) is 25.0 Å². The minimum absolute atomic E-state index is 0.275. The quantitative estimate of drug-likeness (QED) is 0.320. The van der Waals surface area contributed by atoms with Crippen molar-refractivity contribution in [3.63, 3.8) is 0 Å². The van der Waals surface area contributed by atoms with E-state index in [9.17, 15) is 9.90 Å².